The summed E-state index contributed by atoms with van der Waals surface area (Å²) in [6.07, 6.45) is -0.543. The lowest BCUT2D eigenvalue weighted by Gasteiger charge is -2.23. The van der Waals surface area contributed by atoms with Crippen molar-refractivity contribution < 1.29 is 9.53 Å². The van der Waals surface area contributed by atoms with Gasteiger partial charge in [-0.2, -0.15) is 5.26 Å². The standard InChI is InChI=1S/C14H18N2O2/c1-4-16(5-2)14(17)11(3)18-13-8-6-7-12(9-13)10-15/h6-9,11H,4-5H2,1-3H3. The molecule has 0 saturated carbocycles. The second kappa shape index (κ2) is 6.65. The molecule has 0 N–H and O–H groups in total. The van der Waals surface area contributed by atoms with Crippen LogP contribution in [0.1, 0.15) is 26.3 Å². The van der Waals surface area contributed by atoms with Gasteiger partial charge in [-0.1, -0.05) is 6.07 Å². The van der Waals surface area contributed by atoms with Gasteiger partial charge in [0.05, 0.1) is 11.6 Å². The van der Waals surface area contributed by atoms with E-state index in [4.69, 9.17) is 10.00 Å². The molecule has 0 heterocycles. The summed E-state index contributed by atoms with van der Waals surface area (Å²) >= 11 is 0. The fraction of sp³-hybridized carbons (Fsp3) is 0.429. The van der Waals surface area contributed by atoms with Crippen molar-refractivity contribution in [3.63, 3.8) is 0 Å². The van der Waals surface area contributed by atoms with E-state index in [1.165, 1.54) is 0 Å². The largest absolute Gasteiger partial charge is 0.481 e. The molecule has 1 unspecified atom stereocenters. The van der Waals surface area contributed by atoms with Crippen molar-refractivity contribution >= 4 is 5.91 Å². The number of hydrogen-bond donors (Lipinski definition) is 0. The molecular formula is C14H18N2O2. The second-order valence-electron chi connectivity index (χ2n) is 3.91. The van der Waals surface area contributed by atoms with Crippen molar-refractivity contribution in [2.24, 2.45) is 0 Å². The monoisotopic (exact) mass is 246 g/mol. The average molecular weight is 246 g/mol. The molecule has 1 aromatic rings. The Balaban J connectivity index is 2.72. The molecule has 1 atom stereocenters. The quantitative estimate of drug-likeness (QED) is 0.800. The van der Waals surface area contributed by atoms with Crippen LogP contribution in [-0.2, 0) is 4.79 Å². The Labute approximate surface area is 108 Å². The predicted molar refractivity (Wildman–Crippen MR) is 69.2 cm³/mol. The number of hydrogen-bond acceptors (Lipinski definition) is 3. The van der Waals surface area contributed by atoms with E-state index in [0.29, 0.717) is 24.4 Å². The zero-order valence-corrected chi connectivity index (χ0v) is 11.0. The molecule has 0 aliphatic carbocycles. The van der Waals surface area contributed by atoms with E-state index < -0.39 is 6.10 Å². The first-order valence-corrected chi connectivity index (χ1v) is 6.08. The van der Waals surface area contributed by atoms with Crippen LogP contribution in [0.5, 0.6) is 5.75 Å². The van der Waals surface area contributed by atoms with E-state index in [-0.39, 0.29) is 5.91 Å². The van der Waals surface area contributed by atoms with E-state index in [9.17, 15) is 4.79 Å². The van der Waals surface area contributed by atoms with Crippen molar-refractivity contribution in [3.05, 3.63) is 29.8 Å². The number of nitriles is 1. The van der Waals surface area contributed by atoms with Crippen molar-refractivity contribution in [2.45, 2.75) is 26.9 Å². The first-order chi connectivity index (χ1) is 8.62. The van der Waals surface area contributed by atoms with E-state index in [2.05, 4.69) is 0 Å². The predicted octanol–water partition coefficient (Wildman–Crippen LogP) is 2.19. The molecule has 0 aliphatic rings. The topological polar surface area (TPSA) is 53.3 Å². The van der Waals surface area contributed by atoms with Gasteiger partial charge in [0.15, 0.2) is 6.10 Å². The summed E-state index contributed by atoms with van der Waals surface area (Å²) in [6, 6.07) is 8.85. The highest BCUT2D eigenvalue weighted by Crippen LogP contribution is 2.15. The van der Waals surface area contributed by atoms with Gasteiger partial charge in [0.2, 0.25) is 0 Å². The normalized spacial score (nSPS) is 11.4. The van der Waals surface area contributed by atoms with Crippen LogP contribution in [0.3, 0.4) is 0 Å². The summed E-state index contributed by atoms with van der Waals surface area (Å²) in [5.41, 5.74) is 0.523. The van der Waals surface area contributed by atoms with E-state index in [1.54, 1.807) is 36.1 Å². The molecule has 0 aliphatic heterocycles. The van der Waals surface area contributed by atoms with Crippen LogP contribution in [0.25, 0.3) is 0 Å². The van der Waals surface area contributed by atoms with Gasteiger partial charge in [-0.15, -0.1) is 0 Å². The molecule has 4 nitrogen and oxygen atoms in total. The highest BCUT2D eigenvalue weighted by molar-refractivity contribution is 5.80. The van der Waals surface area contributed by atoms with Gasteiger partial charge in [0, 0.05) is 13.1 Å². The molecule has 0 saturated heterocycles. The van der Waals surface area contributed by atoms with E-state index in [1.807, 2.05) is 19.9 Å². The molecule has 1 aromatic carbocycles. The third-order valence-corrected chi connectivity index (χ3v) is 2.70. The van der Waals surface area contributed by atoms with Crippen molar-refractivity contribution in [3.8, 4) is 11.8 Å². The van der Waals surface area contributed by atoms with Crippen molar-refractivity contribution in [2.75, 3.05) is 13.1 Å². The van der Waals surface area contributed by atoms with Gasteiger partial charge in [-0.25, -0.2) is 0 Å². The Hall–Kier alpha value is -2.02. The average Bonchev–Trinajstić information content (AvgIpc) is 2.40. The maximum absolute atomic E-state index is 12.0. The van der Waals surface area contributed by atoms with Crippen LogP contribution < -0.4 is 4.74 Å². The van der Waals surface area contributed by atoms with Crippen LogP contribution >= 0.6 is 0 Å². The molecule has 0 fully saturated rings. The number of ether oxygens (including phenoxy) is 1. The first kappa shape index (κ1) is 14.0. The summed E-state index contributed by atoms with van der Waals surface area (Å²) in [7, 11) is 0. The van der Waals surface area contributed by atoms with Gasteiger partial charge in [0.1, 0.15) is 5.75 Å². The summed E-state index contributed by atoms with van der Waals surface area (Å²) in [4.78, 5) is 13.7. The Kier molecular flexibility index (Phi) is 5.19. The van der Waals surface area contributed by atoms with Gasteiger partial charge in [-0.3, -0.25) is 4.79 Å². The first-order valence-electron chi connectivity index (χ1n) is 6.08. The number of likely N-dealkylation sites (N-methyl/N-ethyl adjacent to an activating group) is 1. The highest BCUT2D eigenvalue weighted by atomic mass is 16.5. The fourth-order valence-electron chi connectivity index (χ4n) is 1.69. The lowest BCUT2D eigenvalue weighted by molar-refractivity contribution is -0.137. The molecule has 18 heavy (non-hydrogen) atoms. The third kappa shape index (κ3) is 3.49. The Morgan fingerprint density at radius 2 is 2.11 bits per heavy atom. The molecule has 0 bridgehead atoms. The maximum atomic E-state index is 12.0. The fourth-order valence-corrected chi connectivity index (χ4v) is 1.69. The number of nitrogens with zero attached hydrogens (tertiary/aromatic N) is 2. The lowest BCUT2D eigenvalue weighted by atomic mass is 10.2. The number of rotatable bonds is 5. The molecular weight excluding hydrogens is 228 g/mol. The lowest BCUT2D eigenvalue weighted by Crippen LogP contribution is -2.40. The second-order valence-corrected chi connectivity index (χ2v) is 3.91. The Morgan fingerprint density at radius 1 is 1.44 bits per heavy atom. The zero-order chi connectivity index (χ0) is 13.5. The van der Waals surface area contributed by atoms with Crippen LogP contribution in [0, 0.1) is 11.3 Å². The molecule has 4 heteroatoms. The van der Waals surface area contributed by atoms with Gasteiger partial charge >= 0.3 is 0 Å². The van der Waals surface area contributed by atoms with Gasteiger partial charge in [0.25, 0.3) is 5.91 Å². The smallest absolute Gasteiger partial charge is 0.263 e. The van der Waals surface area contributed by atoms with Crippen molar-refractivity contribution in [1.29, 1.82) is 5.26 Å². The number of amides is 1. The summed E-state index contributed by atoms with van der Waals surface area (Å²) < 4.78 is 5.56. The van der Waals surface area contributed by atoms with Crippen LogP contribution in [-0.4, -0.2) is 30.0 Å². The minimum atomic E-state index is -0.543. The van der Waals surface area contributed by atoms with Gasteiger partial charge < -0.3 is 9.64 Å². The van der Waals surface area contributed by atoms with E-state index in [0.717, 1.165) is 0 Å². The zero-order valence-electron chi connectivity index (χ0n) is 11.0. The SMILES string of the molecule is CCN(CC)C(=O)C(C)Oc1cccc(C#N)c1. The third-order valence-electron chi connectivity index (χ3n) is 2.70. The minimum absolute atomic E-state index is 0.0395. The number of carbonyl (C=O) groups excluding carboxylic acids is 1. The molecule has 0 aromatic heterocycles. The summed E-state index contributed by atoms with van der Waals surface area (Å²) in [5, 5.41) is 8.79. The molecule has 1 amide bonds. The highest BCUT2D eigenvalue weighted by Gasteiger charge is 2.19. The number of carbonyl (C=O) groups is 1. The molecule has 1 rings (SSSR count). The van der Waals surface area contributed by atoms with Crippen LogP contribution in [0.4, 0.5) is 0 Å². The molecule has 0 spiro atoms. The summed E-state index contributed by atoms with van der Waals surface area (Å²) in [6.45, 7) is 6.93. The number of benzene rings is 1. The molecule has 0 radical (unpaired) electrons. The van der Waals surface area contributed by atoms with Crippen LogP contribution in [0.15, 0.2) is 24.3 Å². The summed E-state index contributed by atoms with van der Waals surface area (Å²) in [5.74, 6) is 0.504. The maximum Gasteiger partial charge on any atom is 0.263 e. The minimum Gasteiger partial charge on any atom is -0.481 e. The Morgan fingerprint density at radius 3 is 2.67 bits per heavy atom. The van der Waals surface area contributed by atoms with Gasteiger partial charge in [-0.05, 0) is 39.0 Å². The van der Waals surface area contributed by atoms with Crippen LogP contribution in [0.2, 0.25) is 0 Å². The molecule has 96 valence electrons. The van der Waals surface area contributed by atoms with E-state index >= 15 is 0 Å². The Bertz CT molecular complexity index is 447. The van der Waals surface area contributed by atoms with Crippen molar-refractivity contribution in [1.82, 2.24) is 4.90 Å².